The molecule has 0 aromatic carbocycles. The largest absolute Gasteiger partial charge is 0.394 e. The molecule has 168 valence electrons. The lowest BCUT2D eigenvalue weighted by Gasteiger charge is -2.59. The van der Waals surface area contributed by atoms with Gasteiger partial charge in [-0.3, -0.25) is 4.79 Å². The van der Waals surface area contributed by atoms with Gasteiger partial charge in [0.15, 0.2) is 12.6 Å². The molecule has 12 nitrogen and oxygen atoms in total. The monoisotopic (exact) mass is 421 g/mol. The summed E-state index contributed by atoms with van der Waals surface area (Å²) in [5.41, 5.74) is 10.8. The predicted octanol–water partition coefficient (Wildman–Crippen LogP) is -3.93. The Hall–Kier alpha value is -0.930. The van der Waals surface area contributed by atoms with E-state index in [4.69, 9.17) is 30.4 Å². The number of hydrogen-bond donors (Lipinski definition) is 7. The summed E-state index contributed by atoms with van der Waals surface area (Å²) in [6.07, 6.45) is -6.09. The molecule has 0 aromatic heterocycles. The molecule has 0 radical (unpaired) electrons. The third-order valence-electron chi connectivity index (χ3n) is 5.72. The van der Waals surface area contributed by atoms with Crippen LogP contribution in [0.3, 0.4) is 0 Å². The lowest BCUT2D eigenvalue weighted by Crippen LogP contribution is -2.77. The molecule has 0 bridgehead atoms. The van der Waals surface area contributed by atoms with Crippen molar-refractivity contribution in [3.8, 4) is 0 Å². The van der Waals surface area contributed by atoms with Crippen molar-refractivity contribution < 1.29 is 44.2 Å². The summed E-state index contributed by atoms with van der Waals surface area (Å²) in [6, 6.07) is -1.72. The SMILES string of the molecule is CC(=O)NC1C2OC(C(C)(N)OC3OC(CO)C[C@@H](O)C3N)C2[C@H](CO)O[C@H]1O. The molecule has 3 heterocycles. The summed E-state index contributed by atoms with van der Waals surface area (Å²) in [7, 11) is 0. The minimum atomic E-state index is -1.47. The number of carbonyl (C=O) groups excluding carboxylic acids is 1. The zero-order valence-corrected chi connectivity index (χ0v) is 16.4. The molecule has 0 aliphatic carbocycles. The standard InChI is InChI=1S/C17H31N3O9/c1-6(23)20-12-13-10(9(5-22)27-15(12)25)14(28-13)17(2,19)29-16-11(18)8(24)3-7(4-21)26-16/h7-16,21-22,24-25H,3-5,18-19H2,1-2H3,(H,20,23)/t7?,8-,9+,10?,11?,12?,13?,14?,15-,16?,17?/m1/s1. The number of aliphatic hydroxyl groups excluding tert-OH is 4. The van der Waals surface area contributed by atoms with Gasteiger partial charge in [-0.25, -0.2) is 0 Å². The first kappa shape index (κ1) is 22.7. The maximum absolute atomic E-state index is 11.4. The van der Waals surface area contributed by atoms with Gasteiger partial charge in [-0.2, -0.15) is 0 Å². The molecule has 11 atom stereocenters. The first-order chi connectivity index (χ1) is 13.6. The second-order valence-electron chi connectivity index (χ2n) is 8.06. The lowest BCUT2D eigenvalue weighted by atomic mass is 9.74. The Morgan fingerprint density at radius 2 is 1.93 bits per heavy atom. The van der Waals surface area contributed by atoms with Gasteiger partial charge >= 0.3 is 0 Å². The molecule has 0 spiro atoms. The molecule has 8 unspecified atom stereocenters. The van der Waals surface area contributed by atoms with E-state index < -0.39 is 73.4 Å². The highest BCUT2D eigenvalue weighted by atomic mass is 16.7. The van der Waals surface area contributed by atoms with E-state index in [0.717, 1.165) is 0 Å². The van der Waals surface area contributed by atoms with Crippen LogP contribution < -0.4 is 16.8 Å². The number of nitrogens with two attached hydrogens (primary N) is 2. The average Bonchev–Trinajstić information content (AvgIpc) is 2.61. The molecule has 3 fully saturated rings. The van der Waals surface area contributed by atoms with Crippen LogP contribution in [0.25, 0.3) is 0 Å². The Morgan fingerprint density at radius 3 is 2.52 bits per heavy atom. The fourth-order valence-corrected chi connectivity index (χ4v) is 4.24. The van der Waals surface area contributed by atoms with E-state index in [1.54, 1.807) is 0 Å². The van der Waals surface area contributed by atoms with Crippen molar-refractivity contribution in [3.05, 3.63) is 0 Å². The van der Waals surface area contributed by atoms with Crippen molar-refractivity contribution in [3.63, 3.8) is 0 Å². The number of rotatable bonds is 6. The van der Waals surface area contributed by atoms with Crippen LogP contribution in [0.2, 0.25) is 0 Å². The second kappa shape index (κ2) is 8.67. The van der Waals surface area contributed by atoms with E-state index in [1.165, 1.54) is 13.8 Å². The highest BCUT2D eigenvalue weighted by Crippen LogP contribution is 2.44. The normalized spacial score (nSPS) is 46.9. The van der Waals surface area contributed by atoms with Gasteiger partial charge in [0.1, 0.15) is 17.9 Å². The van der Waals surface area contributed by atoms with Crippen LogP contribution in [-0.2, 0) is 23.7 Å². The number of fused-ring (bicyclic) bond motifs is 1. The van der Waals surface area contributed by atoms with Gasteiger partial charge in [0.2, 0.25) is 5.91 Å². The first-order valence-electron chi connectivity index (χ1n) is 9.62. The van der Waals surface area contributed by atoms with Crippen LogP contribution >= 0.6 is 0 Å². The molecule has 1 amide bonds. The van der Waals surface area contributed by atoms with Crippen LogP contribution in [-0.4, -0.2) is 100 Å². The van der Waals surface area contributed by atoms with E-state index in [0.29, 0.717) is 0 Å². The van der Waals surface area contributed by atoms with Crippen LogP contribution in [0.15, 0.2) is 0 Å². The van der Waals surface area contributed by atoms with E-state index in [2.05, 4.69) is 5.32 Å². The van der Waals surface area contributed by atoms with Gasteiger partial charge in [0.25, 0.3) is 0 Å². The molecule has 9 N–H and O–H groups in total. The highest BCUT2D eigenvalue weighted by molar-refractivity contribution is 5.73. The van der Waals surface area contributed by atoms with Gasteiger partial charge in [-0.1, -0.05) is 0 Å². The number of carbonyl (C=O) groups is 1. The quantitative estimate of drug-likeness (QED) is 0.207. The topological polar surface area (TPSA) is 199 Å². The van der Waals surface area contributed by atoms with Crippen molar-refractivity contribution in [2.24, 2.45) is 17.4 Å². The number of amides is 1. The number of aliphatic hydroxyl groups is 4. The molecule has 3 rings (SSSR count). The second-order valence-corrected chi connectivity index (χ2v) is 8.06. The van der Waals surface area contributed by atoms with E-state index >= 15 is 0 Å². The summed E-state index contributed by atoms with van der Waals surface area (Å²) >= 11 is 0. The Labute approximate surface area is 168 Å². The zero-order valence-electron chi connectivity index (χ0n) is 16.4. The fourth-order valence-electron chi connectivity index (χ4n) is 4.24. The van der Waals surface area contributed by atoms with E-state index in [1.807, 2.05) is 0 Å². The average molecular weight is 421 g/mol. The Bertz CT molecular complexity index is 594. The Balaban J connectivity index is 1.73. The molecule has 3 aliphatic rings. The lowest BCUT2D eigenvalue weighted by molar-refractivity contribution is -0.373. The van der Waals surface area contributed by atoms with Gasteiger partial charge in [-0.05, 0) is 6.92 Å². The molecular weight excluding hydrogens is 390 g/mol. The van der Waals surface area contributed by atoms with Gasteiger partial charge in [0, 0.05) is 19.3 Å². The summed E-state index contributed by atoms with van der Waals surface area (Å²) in [5.74, 6) is -0.864. The summed E-state index contributed by atoms with van der Waals surface area (Å²) < 4.78 is 22.7. The molecule has 3 saturated heterocycles. The van der Waals surface area contributed by atoms with Crippen LogP contribution in [0.5, 0.6) is 0 Å². The first-order valence-corrected chi connectivity index (χ1v) is 9.62. The molecular formula is C17H31N3O9. The minimum absolute atomic E-state index is 0.167. The van der Waals surface area contributed by atoms with Crippen molar-refractivity contribution in [2.75, 3.05) is 13.2 Å². The maximum atomic E-state index is 11.4. The minimum Gasteiger partial charge on any atom is -0.394 e. The third kappa shape index (κ3) is 4.42. The predicted molar refractivity (Wildman–Crippen MR) is 95.7 cm³/mol. The zero-order chi connectivity index (χ0) is 21.5. The van der Waals surface area contributed by atoms with Crippen molar-refractivity contribution in [1.82, 2.24) is 5.32 Å². The van der Waals surface area contributed by atoms with E-state index in [9.17, 15) is 25.2 Å². The molecule has 12 heteroatoms. The van der Waals surface area contributed by atoms with Gasteiger partial charge in [0.05, 0.1) is 43.7 Å². The molecule has 29 heavy (non-hydrogen) atoms. The molecule has 0 saturated carbocycles. The number of hydrogen-bond acceptors (Lipinski definition) is 11. The van der Waals surface area contributed by atoms with Crippen molar-refractivity contribution in [1.29, 1.82) is 0 Å². The number of ether oxygens (including phenoxy) is 4. The molecule has 3 aliphatic heterocycles. The number of nitrogens with one attached hydrogen (secondary N) is 1. The van der Waals surface area contributed by atoms with Gasteiger partial charge < -0.3 is 56.2 Å². The summed E-state index contributed by atoms with van der Waals surface area (Å²) in [6.45, 7) is 2.13. The van der Waals surface area contributed by atoms with Crippen LogP contribution in [0, 0.1) is 5.92 Å². The smallest absolute Gasteiger partial charge is 0.217 e. The Morgan fingerprint density at radius 1 is 1.24 bits per heavy atom. The summed E-state index contributed by atoms with van der Waals surface area (Å²) in [5, 5.41) is 41.8. The van der Waals surface area contributed by atoms with Crippen LogP contribution in [0.4, 0.5) is 0 Å². The Kier molecular flexibility index (Phi) is 6.80. The van der Waals surface area contributed by atoms with Crippen molar-refractivity contribution >= 4 is 5.91 Å². The molecule has 0 aromatic rings. The van der Waals surface area contributed by atoms with E-state index in [-0.39, 0.29) is 18.9 Å². The maximum Gasteiger partial charge on any atom is 0.217 e. The van der Waals surface area contributed by atoms with Crippen LogP contribution in [0.1, 0.15) is 20.3 Å². The van der Waals surface area contributed by atoms with Crippen molar-refractivity contribution in [2.45, 2.75) is 81.2 Å². The third-order valence-corrected chi connectivity index (χ3v) is 5.72. The summed E-state index contributed by atoms with van der Waals surface area (Å²) in [4.78, 5) is 11.4. The fraction of sp³-hybridized carbons (Fsp3) is 0.941. The van der Waals surface area contributed by atoms with Gasteiger partial charge in [-0.15, -0.1) is 0 Å². The highest BCUT2D eigenvalue weighted by Gasteiger charge is 2.62.